The van der Waals surface area contributed by atoms with Gasteiger partial charge in [0.15, 0.2) is 6.61 Å². The first kappa shape index (κ1) is 25.3. The van der Waals surface area contributed by atoms with E-state index in [1.165, 1.54) is 0 Å². The molecule has 1 aliphatic heterocycles. The number of benzene rings is 3. The van der Waals surface area contributed by atoms with Gasteiger partial charge in [0.05, 0.1) is 11.4 Å². The smallest absolute Gasteiger partial charge is 0.293 e. The predicted molar refractivity (Wildman–Crippen MR) is 141 cm³/mol. The van der Waals surface area contributed by atoms with E-state index in [0.717, 1.165) is 27.8 Å². The zero-order valence-corrected chi connectivity index (χ0v) is 21.0. The van der Waals surface area contributed by atoms with Crippen LogP contribution in [0.1, 0.15) is 11.1 Å². The number of ether oxygens (including phenoxy) is 2. The zero-order valence-electron chi connectivity index (χ0n) is 19.4. The molecule has 0 radical (unpaired) electrons. The number of hydrogen-bond acceptors (Lipinski definition) is 6. The van der Waals surface area contributed by atoms with Gasteiger partial charge in [0, 0.05) is 10.7 Å². The number of nitrogens with zero attached hydrogens (tertiary/aromatic N) is 1. The first-order valence-electron chi connectivity index (χ1n) is 11.1. The molecule has 9 heteroatoms. The summed E-state index contributed by atoms with van der Waals surface area (Å²) in [4.78, 5) is 38.6. The van der Waals surface area contributed by atoms with E-state index in [2.05, 4.69) is 5.32 Å². The number of amides is 3. The molecule has 184 valence electrons. The molecule has 36 heavy (non-hydrogen) atoms. The Morgan fingerprint density at radius 1 is 0.944 bits per heavy atom. The third kappa shape index (κ3) is 6.90. The van der Waals surface area contributed by atoms with Gasteiger partial charge in [-0.2, -0.15) is 0 Å². The second-order valence-electron chi connectivity index (χ2n) is 7.91. The molecule has 3 aromatic rings. The van der Waals surface area contributed by atoms with Crippen molar-refractivity contribution in [2.24, 2.45) is 0 Å². The molecular formula is C27H23ClN2O5S. The average molecular weight is 523 g/mol. The quantitative estimate of drug-likeness (QED) is 0.358. The molecule has 0 atom stereocenters. The summed E-state index contributed by atoms with van der Waals surface area (Å²) >= 11 is 6.74. The van der Waals surface area contributed by atoms with Crippen LogP contribution in [0, 0.1) is 6.92 Å². The van der Waals surface area contributed by atoms with E-state index in [9.17, 15) is 14.4 Å². The number of nitrogens with one attached hydrogen (secondary N) is 1. The van der Waals surface area contributed by atoms with Crippen LogP contribution in [0.4, 0.5) is 10.5 Å². The van der Waals surface area contributed by atoms with Crippen molar-refractivity contribution in [3.8, 4) is 11.5 Å². The number of rotatable bonds is 9. The lowest BCUT2D eigenvalue weighted by Crippen LogP contribution is -2.32. The Labute approximate surface area is 218 Å². The lowest BCUT2D eigenvalue weighted by Gasteiger charge is -2.13. The second kappa shape index (κ2) is 11.8. The highest BCUT2D eigenvalue weighted by molar-refractivity contribution is 8.18. The molecule has 1 N–H and O–H groups in total. The van der Waals surface area contributed by atoms with E-state index in [1.807, 2.05) is 31.2 Å². The molecule has 3 aromatic carbocycles. The number of imide groups is 1. The molecule has 4 rings (SSSR count). The lowest BCUT2D eigenvalue weighted by atomic mass is 10.2. The molecule has 1 saturated heterocycles. The van der Waals surface area contributed by atoms with E-state index in [1.54, 1.807) is 54.6 Å². The van der Waals surface area contributed by atoms with Crippen LogP contribution in [-0.4, -0.2) is 41.7 Å². The fourth-order valence-electron chi connectivity index (χ4n) is 3.27. The lowest BCUT2D eigenvalue weighted by molar-refractivity contribution is -0.123. The Hall–Kier alpha value is -3.75. The first-order valence-corrected chi connectivity index (χ1v) is 12.3. The van der Waals surface area contributed by atoms with Crippen LogP contribution in [0.25, 0.3) is 6.08 Å². The molecule has 1 aliphatic rings. The summed E-state index contributed by atoms with van der Waals surface area (Å²) < 4.78 is 11.1. The monoisotopic (exact) mass is 522 g/mol. The van der Waals surface area contributed by atoms with Gasteiger partial charge >= 0.3 is 0 Å². The number of hydrogen-bond donors (Lipinski definition) is 1. The van der Waals surface area contributed by atoms with Crippen LogP contribution < -0.4 is 14.8 Å². The van der Waals surface area contributed by atoms with Crippen molar-refractivity contribution in [1.82, 2.24) is 4.90 Å². The summed E-state index contributed by atoms with van der Waals surface area (Å²) in [5.74, 6) is 0.491. The Bertz CT molecular complexity index is 1280. The molecule has 0 aromatic heterocycles. The summed E-state index contributed by atoms with van der Waals surface area (Å²) in [5, 5.41) is 3.03. The van der Waals surface area contributed by atoms with Crippen molar-refractivity contribution in [2.45, 2.75) is 6.92 Å². The standard InChI is InChI=1S/C27H23ClN2O5S/c1-18-2-8-21(9-3-18)29-25(31)17-35-23-10-4-19(5-11-23)16-24-26(32)30(27(33)36-24)14-15-34-22-12-6-20(28)7-13-22/h2-13,16H,14-15,17H2,1H3,(H,29,31)/b24-16-. The van der Waals surface area contributed by atoms with Crippen LogP contribution in [0.5, 0.6) is 11.5 Å². The largest absolute Gasteiger partial charge is 0.492 e. The fraction of sp³-hybridized carbons (Fsp3) is 0.148. The van der Waals surface area contributed by atoms with Gasteiger partial charge in [-0.15, -0.1) is 0 Å². The molecule has 1 heterocycles. The minimum atomic E-state index is -0.363. The number of halogens is 1. The summed E-state index contributed by atoms with van der Waals surface area (Å²) in [6, 6.07) is 21.3. The molecule has 1 fully saturated rings. The fourth-order valence-corrected chi connectivity index (χ4v) is 4.26. The van der Waals surface area contributed by atoms with Crippen LogP contribution in [-0.2, 0) is 9.59 Å². The normalized spacial score (nSPS) is 14.3. The van der Waals surface area contributed by atoms with Gasteiger partial charge < -0.3 is 14.8 Å². The van der Waals surface area contributed by atoms with E-state index in [0.29, 0.717) is 27.1 Å². The maximum atomic E-state index is 12.7. The average Bonchev–Trinajstić information content (AvgIpc) is 3.13. The van der Waals surface area contributed by atoms with E-state index >= 15 is 0 Å². The Morgan fingerprint density at radius 2 is 1.58 bits per heavy atom. The van der Waals surface area contributed by atoms with Crippen molar-refractivity contribution in [3.63, 3.8) is 0 Å². The van der Waals surface area contributed by atoms with Gasteiger partial charge in [0.2, 0.25) is 0 Å². The highest BCUT2D eigenvalue weighted by Gasteiger charge is 2.34. The molecule has 0 saturated carbocycles. The highest BCUT2D eigenvalue weighted by Crippen LogP contribution is 2.32. The summed E-state index contributed by atoms with van der Waals surface area (Å²) in [5.41, 5.74) is 2.54. The first-order chi connectivity index (χ1) is 17.4. The molecule has 3 amide bonds. The van der Waals surface area contributed by atoms with Crippen molar-refractivity contribution < 1.29 is 23.9 Å². The van der Waals surface area contributed by atoms with Crippen molar-refractivity contribution in [3.05, 3.63) is 93.9 Å². The maximum Gasteiger partial charge on any atom is 0.293 e. The molecule has 0 unspecified atom stereocenters. The second-order valence-corrected chi connectivity index (χ2v) is 9.34. The number of thioether (sulfide) groups is 1. The van der Waals surface area contributed by atoms with Gasteiger partial charge in [-0.25, -0.2) is 0 Å². The van der Waals surface area contributed by atoms with Gasteiger partial charge in [-0.05, 0) is 78.9 Å². The van der Waals surface area contributed by atoms with Gasteiger partial charge in [-0.1, -0.05) is 41.4 Å². The predicted octanol–water partition coefficient (Wildman–Crippen LogP) is 5.78. The van der Waals surface area contributed by atoms with E-state index < -0.39 is 0 Å². The molecule has 7 nitrogen and oxygen atoms in total. The van der Waals surface area contributed by atoms with Crippen molar-refractivity contribution in [1.29, 1.82) is 0 Å². The summed E-state index contributed by atoms with van der Waals surface area (Å²) in [6.07, 6.45) is 1.65. The van der Waals surface area contributed by atoms with Gasteiger partial charge in [0.25, 0.3) is 17.1 Å². The van der Waals surface area contributed by atoms with E-state index in [-0.39, 0.29) is 36.8 Å². The number of carbonyl (C=O) groups excluding carboxylic acids is 3. The zero-order chi connectivity index (χ0) is 25.5. The summed E-state index contributed by atoms with van der Waals surface area (Å²) in [7, 11) is 0. The van der Waals surface area contributed by atoms with Crippen molar-refractivity contribution >= 4 is 52.2 Å². The van der Waals surface area contributed by atoms with E-state index in [4.69, 9.17) is 21.1 Å². The minimum Gasteiger partial charge on any atom is -0.492 e. The minimum absolute atomic E-state index is 0.135. The Morgan fingerprint density at radius 3 is 2.28 bits per heavy atom. The topological polar surface area (TPSA) is 84.9 Å². The Kier molecular flexibility index (Phi) is 8.30. The van der Waals surface area contributed by atoms with Crippen LogP contribution in [0.2, 0.25) is 5.02 Å². The molecule has 0 bridgehead atoms. The van der Waals surface area contributed by atoms with Crippen molar-refractivity contribution in [2.75, 3.05) is 25.1 Å². The molecule has 0 spiro atoms. The number of aryl methyl sites for hydroxylation is 1. The summed E-state index contributed by atoms with van der Waals surface area (Å²) in [6.45, 7) is 2.16. The van der Waals surface area contributed by atoms with Gasteiger partial charge in [0.1, 0.15) is 18.1 Å². The van der Waals surface area contributed by atoms with Crippen LogP contribution in [0.15, 0.2) is 77.7 Å². The maximum absolute atomic E-state index is 12.7. The van der Waals surface area contributed by atoms with Crippen LogP contribution >= 0.6 is 23.4 Å². The Balaban J connectivity index is 1.27. The number of anilines is 1. The SMILES string of the molecule is Cc1ccc(NC(=O)COc2ccc(/C=C3\SC(=O)N(CCOc4ccc(Cl)cc4)C3=O)cc2)cc1. The highest BCUT2D eigenvalue weighted by atomic mass is 35.5. The van der Waals surface area contributed by atoms with Crippen LogP contribution in [0.3, 0.4) is 0 Å². The number of carbonyl (C=O) groups is 3. The molecule has 0 aliphatic carbocycles. The van der Waals surface area contributed by atoms with Gasteiger partial charge in [-0.3, -0.25) is 19.3 Å². The third-order valence-corrected chi connectivity index (χ3v) is 6.31. The third-order valence-electron chi connectivity index (χ3n) is 5.15. The molecular weight excluding hydrogens is 500 g/mol.